The number of hydrogen-bond acceptors (Lipinski definition) is 2. The highest BCUT2D eigenvalue weighted by molar-refractivity contribution is 5.76. The third kappa shape index (κ3) is 3.11. The Morgan fingerprint density at radius 3 is 2.50 bits per heavy atom. The highest BCUT2D eigenvalue weighted by Crippen LogP contribution is 2.21. The zero-order valence-electron chi connectivity index (χ0n) is 9.02. The molecule has 0 bridgehead atoms. The molecule has 3 N–H and O–H groups in total. The normalized spacial score (nSPS) is 11.8. The molecular weight excluding hydrogens is 202 g/mol. The summed E-state index contributed by atoms with van der Waals surface area (Å²) in [5.41, 5.74) is 7.24. The maximum absolute atomic E-state index is 11.1. The predicted octanol–water partition coefficient (Wildman–Crippen LogP) is 1.73. The first-order chi connectivity index (χ1) is 7.69. The lowest BCUT2D eigenvalue weighted by Crippen LogP contribution is -2.11. The van der Waals surface area contributed by atoms with E-state index in [1.54, 1.807) is 12.1 Å². The Morgan fingerprint density at radius 2 is 2.06 bits per heavy atom. The first kappa shape index (κ1) is 12.3. The van der Waals surface area contributed by atoms with E-state index in [2.05, 4.69) is 5.92 Å². The van der Waals surface area contributed by atoms with Gasteiger partial charge in [0, 0.05) is 13.0 Å². The molecule has 3 heteroatoms. The number of rotatable bonds is 5. The zero-order chi connectivity index (χ0) is 12.0. The summed E-state index contributed by atoms with van der Waals surface area (Å²) in [7, 11) is 0. The average molecular weight is 217 g/mol. The summed E-state index contributed by atoms with van der Waals surface area (Å²) in [5.74, 6) is 1.10. The standard InChI is InChI=1S/C13H15NO2/c1-2-3-4-12(13(15)16)11-7-5-10(9-14)6-8-11/h1,5-8,12H,3-4,9,14H2,(H,15,16)/t12-/m1/s1. The Balaban J connectivity index is 2.84. The molecule has 0 aliphatic rings. The van der Waals surface area contributed by atoms with Gasteiger partial charge < -0.3 is 10.8 Å². The van der Waals surface area contributed by atoms with Crippen molar-refractivity contribution in [1.29, 1.82) is 0 Å². The molecule has 0 spiro atoms. The molecule has 0 amide bonds. The van der Waals surface area contributed by atoms with Crippen LogP contribution >= 0.6 is 0 Å². The van der Waals surface area contributed by atoms with Crippen LogP contribution in [0.3, 0.4) is 0 Å². The highest BCUT2D eigenvalue weighted by atomic mass is 16.4. The molecule has 1 aromatic carbocycles. The number of aliphatic carboxylic acids is 1. The van der Waals surface area contributed by atoms with Gasteiger partial charge in [0.05, 0.1) is 5.92 Å². The lowest BCUT2D eigenvalue weighted by atomic mass is 9.94. The van der Waals surface area contributed by atoms with E-state index in [1.807, 2.05) is 12.1 Å². The van der Waals surface area contributed by atoms with Crippen LogP contribution in [0.5, 0.6) is 0 Å². The second-order valence-electron chi connectivity index (χ2n) is 3.58. The van der Waals surface area contributed by atoms with Crippen molar-refractivity contribution in [3.63, 3.8) is 0 Å². The third-order valence-corrected chi connectivity index (χ3v) is 2.49. The molecule has 84 valence electrons. The topological polar surface area (TPSA) is 63.3 Å². The number of nitrogens with two attached hydrogens (primary N) is 1. The molecule has 0 unspecified atom stereocenters. The van der Waals surface area contributed by atoms with Gasteiger partial charge in [-0.25, -0.2) is 0 Å². The van der Waals surface area contributed by atoms with Crippen molar-refractivity contribution in [2.45, 2.75) is 25.3 Å². The summed E-state index contributed by atoms with van der Waals surface area (Å²) in [6.07, 6.45) is 6.08. The Bertz CT molecular complexity index is 389. The van der Waals surface area contributed by atoms with Crippen molar-refractivity contribution >= 4 is 5.97 Å². The van der Waals surface area contributed by atoms with Crippen molar-refractivity contribution in [3.05, 3.63) is 35.4 Å². The number of carboxylic acid groups (broad SMARTS) is 1. The van der Waals surface area contributed by atoms with Gasteiger partial charge in [-0.05, 0) is 17.5 Å². The van der Waals surface area contributed by atoms with Crippen LogP contribution in [0.4, 0.5) is 0 Å². The Morgan fingerprint density at radius 1 is 1.44 bits per heavy atom. The first-order valence-corrected chi connectivity index (χ1v) is 5.14. The van der Waals surface area contributed by atoms with Gasteiger partial charge in [-0.3, -0.25) is 4.79 Å². The van der Waals surface area contributed by atoms with Crippen LogP contribution in [-0.4, -0.2) is 11.1 Å². The fourth-order valence-electron chi connectivity index (χ4n) is 1.55. The summed E-state index contributed by atoms with van der Waals surface area (Å²) >= 11 is 0. The maximum Gasteiger partial charge on any atom is 0.311 e. The van der Waals surface area contributed by atoms with Crippen LogP contribution in [0.15, 0.2) is 24.3 Å². The fraction of sp³-hybridized carbons (Fsp3) is 0.308. The van der Waals surface area contributed by atoms with Crippen molar-refractivity contribution in [1.82, 2.24) is 0 Å². The van der Waals surface area contributed by atoms with Gasteiger partial charge in [0.15, 0.2) is 0 Å². The zero-order valence-corrected chi connectivity index (χ0v) is 9.02. The summed E-state index contributed by atoms with van der Waals surface area (Å²) in [4.78, 5) is 11.1. The van der Waals surface area contributed by atoms with Crippen LogP contribution < -0.4 is 5.73 Å². The van der Waals surface area contributed by atoms with Crippen molar-refractivity contribution in [2.75, 3.05) is 0 Å². The van der Waals surface area contributed by atoms with Crippen molar-refractivity contribution in [2.24, 2.45) is 5.73 Å². The van der Waals surface area contributed by atoms with Gasteiger partial charge in [-0.15, -0.1) is 12.3 Å². The maximum atomic E-state index is 11.1. The van der Waals surface area contributed by atoms with E-state index in [-0.39, 0.29) is 0 Å². The van der Waals surface area contributed by atoms with Crippen molar-refractivity contribution < 1.29 is 9.90 Å². The molecule has 3 nitrogen and oxygen atoms in total. The number of terminal acetylenes is 1. The Labute approximate surface area is 95.3 Å². The lowest BCUT2D eigenvalue weighted by molar-refractivity contribution is -0.138. The van der Waals surface area contributed by atoms with E-state index < -0.39 is 11.9 Å². The lowest BCUT2D eigenvalue weighted by Gasteiger charge is -2.11. The van der Waals surface area contributed by atoms with E-state index >= 15 is 0 Å². The van der Waals surface area contributed by atoms with E-state index in [4.69, 9.17) is 17.3 Å². The summed E-state index contributed by atoms with van der Waals surface area (Å²) in [6.45, 7) is 0.461. The molecule has 1 atom stereocenters. The van der Waals surface area contributed by atoms with Gasteiger partial charge in [0.2, 0.25) is 0 Å². The molecule has 0 aliphatic heterocycles. The number of carboxylic acids is 1. The minimum Gasteiger partial charge on any atom is -0.481 e. The average Bonchev–Trinajstić information content (AvgIpc) is 2.30. The summed E-state index contributed by atoms with van der Waals surface area (Å²) in [5, 5.41) is 9.09. The molecule has 0 saturated carbocycles. The molecule has 0 aliphatic carbocycles. The highest BCUT2D eigenvalue weighted by Gasteiger charge is 2.18. The quantitative estimate of drug-likeness (QED) is 0.738. The van der Waals surface area contributed by atoms with Gasteiger partial charge in [-0.2, -0.15) is 0 Å². The van der Waals surface area contributed by atoms with Crippen LogP contribution in [0.25, 0.3) is 0 Å². The van der Waals surface area contributed by atoms with Crippen LogP contribution in [0, 0.1) is 12.3 Å². The fourth-order valence-corrected chi connectivity index (χ4v) is 1.55. The van der Waals surface area contributed by atoms with Crippen LogP contribution in [0.2, 0.25) is 0 Å². The summed E-state index contributed by atoms with van der Waals surface area (Å²) in [6, 6.07) is 7.30. The minimum atomic E-state index is -0.837. The monoisotopic (exact) mass is 217 g/mol. The number of hydrogen-bond donors (Lipinski definition) is 2. The second-order valence-corrected chi connectivity index (χ2v) is 3.58. The number of benzene rings is 1. The SMILES string of the molecule is C#CCC[C@@H](C(=O)O)c1ccc(CN)cc1. The molecule has 0 saturated heterocycles. The third-order valence-electron chi connectivity index (χ3n) is 2.49. The molecular formula is C13H15NO2. The van der Waals surface area contributed by atoms with E-state index in [0.717, 1.165) is 11.1 Å². The number of carbonyl (C=O) groups is 1. The molecule has 0 fully saturated rings. The van der Waals surface area contributed by atoms with E-state index in [9.17, 15) is 4.79 Å². The predicted molar refractivity (Wildman–Crippen MR) is 62.8 cm³/mol. The summed E-state index contributed by atoms with van der Waals surface area (Å²) < 4.78 is 0. The largest absolute Gasteiger partial charge is 0.481 e. The van der Waals surface area contributed by atoms with E-state index in [1.165, 1.54) is 0 Å². The van der Waals surface area contributed by atoms with Gasteiger partial charge >= 0.3 is 5.97 Å². The van der Waals surface area contributed by atoms with Gasteiger partial charge in [-0.1, -0.05) is 24.3 Å². The minimum absolute atomic E-state index is 0.461. The molecule has 1 aromatic rings. The van der Waals surface area contributed by atoms with Gasteiger partial charge in [0.1, 0.15) is 0 Å². The second kappa shape index (κ2) is 5.94. The molecule has 0 radical (unpaired) electrons. The van der Waals surface area contributed by atoms with Gasteiger partial charge in [0.25, 0.3) is 0 Å². The Kier molecular flexibility index (Phi) is 4.56. The smallest absolute Gasteiger partial charge is 0.311 e. The Hall–Kier alpha value is -1.79. The molecule has 0 aromatic heterocycles. The van der Waals surface area contributed by atoms with Crippen molar-refractivity contribution in [3.8, 4) is 12.3 Å². The molecule has 16 heavy (non-hydrogen) atoms. The first-order valence-electron chi connectivity index (χ1n) is 5.14. The molecule has 0 heterocycles. The van der Waals surface area contributed by atoms with Crippen LogP contribution in [0.1, 0.15) is 29.9 Å². The van der Waals surface area contributed by atoms with E-state index in [0.29, 0.717) is 19.4 Å². The molecule has 1 rings (SSSR count). The van der Waals surface area contributed by atoms with Crippen LogP contribution in [-0.2, 0) is 11.3 Å².